The number of hydrogen-bond acceptors (Lipinski definition) is 3. The predicted molar refractivity (Wildman–Crippen MR) is 78.9 cm³/mol. The molecule has 0 unspecified atom stereocenters. The highest BCUT2D eigenvalue weighted by molar-refractivity contribution is 7.71. The quantitative estimate of drug-likeness (QED) is 0.874. The number of rotatable bonds is 3. The maximum atomic E-state index is 5.30. The van der Waals surface area contributed by atoms with Gasteiger partial charge in [0.2, 0.25) is 5.95 Å². The van der Waals surface area contributed by atoms with Gasteiger partial charge < -0.3 is 4.90 Å². The van der Waals surface area contributed by atoms with Gasteiger partial charge in [-0.3, -0.25) is 4.57 Å². The van der Waals surface area contributed by atoms with Crippen LogP contribution in [0.2, 0.25) is 0 Å². The maximum absolute atomic E-state index is 5.30. The van der Waals surface area contributed by atoms with Gasteiger partial charge >= 0.3 is 0 Å². The Morgan fingerprint density at radius 1 is 1.32 bits per heavy atom. The molecule has 0 atom stereocenters. The van der Waals surface area contributed by atoms with Gasteiger partial charge in [-0.2, -0.15) is 0 Å². The summed E-state index contributed by atoms with van der Waals surface area (Å²) in [6.45, 7) is 4.99. The van der Waals surface area contributed by atoms with Crippen molar-refractivity contribution in [3.8, 4) is 0 Å². The summed E-state index contributed by atoms with van der Waals surface area (Å²) in [5.41, 5.74) is 2.85. The number of nitrogens with zero attached hydrogens (tertiary/aromatic N) is 3. The third-order valence-electron chi connectivity index (χ3n) is 3.60. The summed E-state index contributed by atoms with van der Waals surface area (Å²) in [6, 6.07) is 8.63. The van der Waals surface area contributed by atoms with Gasteiger partial charge in [-0.25, -0.2) is 5.10 Å². The summed E-state index contributed by atoms with van der Waals surface area (Å²) in [4.78, 5) is 2.31. The lowest BCUT2D eigenvalue weighted by Gasteiger charge is -2.29. The lowest BCUT2D eigenvalue weighted by molar-refractivity contribution is 0.626. The number of anilines is 1. The van der Waals surface area contributed by atoms with Crippen LogP contribution in [0.4, 0.5) is 5.95 Å². The van der Waals surface area contributed by atoms with Crippen LogP contribution in [0.15, 0.2) is 24.3 Å². The molecule has 0 aliphatic carbocycles. The average Bonchev–Trinajstić information content (AvgIpc) is 2.80. The molecule has 3 rings (SSSR count). The van der Waals surface area contributed by atoms with E-state index < -0.39 is 0 Å². The molecule has 0 radical (unpaired) electrons. The number of aromatic nitrogens is 3. The Labute approximate surface area is 118 Å². The molecule has 100 valence electrons. The van der Waals surface area contributed by atoms with Crippen LogP contribution in [0.5, 0.6) is 0 Å². The molecule has 2 aromatic rings. The van der Waals surface area contributed by atoms with Crippen LogP contribution < -0.4 is 4.90 Å². The molecular weight excluding hydrogens is 256 g/mol. The zero-order chi connectivity index (χ0) is 13.2. The molecule has 2 heterocycles. The second-order valence-electron chi connectivity index (χ2n) is 4.92. The summed E-state index contributed by atoms with van der Waals surface area (Å²) in [5, 5.41) is 7.32. The van der Waals surface area contributed by atoms with E-state index in [2.05, 4.69) is 50.9 Å². The van der Waals surface area contributed by atoms with Gasteiger partial charge in [0, 0.05) is 19.6 Å². The predicted octanol–water partition coefficient (Wildman–Crippen LogP) is 2.91. The first-order valence-electron chi connectivity index (χ1n) is 6.76. The SMILES string of the molecule is CCCn1c(N2CCc3ccccc3C2)n[nH]c1=S. The summed E-state index contributed by atoms with van der Waals surface area (Å²) >= 11 is 5.30. The van der Waals surface area contributed by atoms with Crippen molar-refractivity contribution >= 4 is 18.2 Å². The topological polar surface area (TPSA) is 36.9 Å². The Balaban J connectivity index is 1.91. The third kappa shape index (κ3) is 2.30. The van der Waals surface area contributed by atoms with Crippen molar-refractivity contribution in [1.82, 2.24) is 14.8 Å². The number of H-pyrrole nitrogens is 1. The summed E-state index contributed by atoms with van der Waals surface area (Å²) in [6.07, 6.45) is 2.13. The lowest BCUT2D eigenvalue weighted by Crippen LogP contribution is -2.32. The average molecular weight is 274 g/mol. The minimum atomic E-state index is 0.718. The van der Waals surface area contributed by atoms with Crippen molar-refractivity contribution in [3.63, 3.8) is 0 Å². The van der Waals surface area contributed by atoms with E-state index in [0.29, 0.717) is 0 Å². The molecule has 0 amide bonds. The second-order valence-corrected chi connectivity index (χ2v) is 5.31. The van der Waals surface area contributed by atoms with E-state index in [0.717, 1.165) is 43.2 Å². The molecule has 0 spiro atoms. The number of hydrogen-bond donors (Lipinski definition) is 1. The maximum Gasteiger partial charge on any atom is 0.226 e. The van der Waals surface area contributed by atoms with Crippen molar-refractivity contribution in [3.05, 3.63) is 40.2 Å². The van der Waals surface area contributed by atoms with Crippen LogP contribution in [0.3, 0.4) is 0 Å². The van der Waals surface area contributed by atoms with Crippen molar-refractivity contribution in [2.75, 3.05) is 11.4 Å². The molecular formula is C14H18N4S. The largest absolute Gasteiger partial charge is 0.336 e. The summed E-state index contributed by atoms with van der Waals surface area (Å²) in [7, 11) is 0. The Hall–Kier alpha value is -1.62. The zero-order valence-electron chi connectivity index (χ0n) is 11.1. The number of fused-ring (bicyclic) bond motifs is 1. The Morgan fingerprint density at radius 2 is 2.11 bits per heavy atom. The highest BCUT2D eigenvalue weighted by Gasteiger charge is 2.20. The van der Waals surface area contributed by atoms with Gasteiger partial charge in [-0.15, -0.1) is 5.10 Å². The van der Waals surface area contributed by atoms with E-state index in [4.69, 9.17) is 12.2 Å². The first-order valence-corrected chi connectivity index (χ1v) is 7.17. The van der Waals surface area contributed by atoms with Gasteiger partial charge in [0.1, 0.15) is 0 Å². The van der Waals surface area contributed by atoms with Crippen molar-refractivity contribution in [1.29, 1.82) is 0 Å². The highest BCUT2D eigenvalue weighted by Crippen LogP contribution is 2.23. The van der Waals surface area contributed by atoms with Crippen molar-refractivity contribution < 1.29 is 0 Å². The molecule has 1 aliphatic rings. The highest BCUT2D eigenvalue weighted by atomic mass is 32.1. The molecule has 1 aromatic heterocycles. The lowest BCUT2D eigenvalue weighted by atomic mass is 10.0. The van der Waals surface area contributed by atoms with Crippen LogP contribution in [-0.4, -0.2) is 21.3 Å². The number of aromatic amines is 1. The molecule has 0 saturated heterocycles. The molecule has 1 aliphatic heterocycles. The Kier molecular flexibility index (Phi) is 3.38. The minimum absolute atomic E-state index is 0.718. The van der Waals surface area contributed by atoms with Crippen LogP contribution in [0, 0.1) is 4.77 Å². The van der Waals surface area contributed by atoms with Gasteiger partial charge in [-0.1, -0.05) is 31.2 Å². The smallest absolute Gasteiger partial charge is 0.226 e. The molecule has 1 aromatic carbocycles. The van der Waals surface area contributed by atoms with E-state index in [1.807, 2.05) is 0 Å². The normalized spacial score (nSPS) is 14.5. The number of nitrogens with one attached hydrogen (secondary N) is 1. The monoisotopic (exact) mass is 274 g/mol. The molecule has 19 heavy (non-hydrogen) atoms. The molecule has 0 fully saturated rings. The molecule has 0 bridgehead atoms. The van der Waals surface area contributed by atoms with Gasteiger partial charge in [0.05, 0.1) is 0 Å². The van der Waals surface area contributed by atoms with Crippen LogP contribution in [-0.2, 0) is 19.5 Å². The van der Waals surface area contributed by atoms with Crippen molar-refractivity contribution in [2.24, 2.45) is 0 Å². The van der Waals surface area contributed by atoms with Crippen molar-refractivity contribution in [2.45, 2.75) is 32.9 Å². The first-order chi connectivity index (χ1) is 9.29. The van der Waals surface area contributed by atoms with Gasteiger partial charge in [0.25, 0.3) is 0 Å². The standard InChI is InChI=1S/C14H18N4S/c1-2-8-18-13(15-16-14(18)19)17-9-7-11-5-3-4-6-12(11)10-17/h3-6H,2,7-10H2,1H3,(H,16,19). The van der Waals surface area contributed by atoms with Gasteiger partial charge in [0.15, 0.2) is 4.77 Å². The third-order valence-corrected chi connectivity index (χ3v) is 3.91. The Morgan fingerprint density at radius 3 is 2.89 bits per heavy atom. The molecule has 0 saturated carbocycles. The minimum Gasteiger partial charge on any atom is -0.336 e. The van der Waals surface area contributed by atoms with Gasteiger partial charge in [-0.05, 0) is 36.2 Å². The van der Waals surface area contributed by atoms with Crippen LogP contribution >= 0.6 is 12.2 Å². The summed E-state index contributed by atoms with van der Waals surface area (Å²) in [5.74, 6) is 0.973. The zero-order valence-corrected chi connectivity index (χ0v) is 11.9. The van der Waals surface area contributed by atoms with E-state index >= 15 is 0 Å². The van der Waals surface area contributed by atoms with E-state index in [1.54, 1.807) is 0 Å². The first kappa shape index (κ1) is 12.4. The van der Waals surface area contributed by atoms with Crippen LogP contribution in [0.1, 0.15) is 24.5 Å². The van der Waals surface area contributed by atoms with Crippen LogP contribution in [0.25, 0.3) is 0 Å². The fourth-order valence-electron chi connectivity index (χ4n) is 2.64. The van der Waals surface area contributed by atoms with E-state index in [9.17, 15) is 0 Å². The molecule has 1 N–H and O–H groups in total. The Bertz CT molecular complexity index is 628. The summed E-state index contributed by atoms with van der Waals surface area (Å²) < 4.78 is 2.82. The second kappa shape index (κ2) is 5.17. The molecule has 5 heteroatoms. The number of benzene rings is 1. The van der Waals surface area contributed by atoms with E-state index in [1.165, 1.54) is 11.1 Å². The fraction of sp³-hybridized carbons (Fsp3) is 0.429. The van der Waals surface area contributed by atoms with E-state index in [-0.39, 0.29) is 0 Å². The molecule has 4 nitrogen and oxygen atoms in total. The fourth-order valence-corrected chi connectivity index (χ4v) is 2.86.